The second-order valence-electron chi connectivity index (χ2n) is 7.41. The number of hydrogen-bond donors (Lipinski definition) is 3. The highest BCUT2D eigenvalue weighted by molar-refractivity contribution is 7.92. The second kappa shape index (κ2) is 10.6. The molecular formula is C21H24ClF3N2O5S. The van der Waals surface area contributed by atoms with E-state index < -0.39 is 38.6 Å². The molecule has 0 fully saturated rings. The molecule has 0 saturated carbocycles. The Bertz CT molecular complexity index is 1110. The second-order valence-corrected chi connectivity index (χ2v) is 9.47. The van der Waals surface area contributed by atoms with Crippen LogP contribution in [-0.4, -0.2) is 32.6 Å². The van der Waals surface area contributed by atoms with Crippen LogP contribution in [-0.2, 0) is 21.0 Å². The summed E-state index contributed by atoms with van der Waals surface area (Å²) in [5, 5.41) is 11.4. The summed E-state index contributed by atoms with van der Waals surface area (Å²) >= 11 is 5.58. The van der Waals surface area contributed by atoms with Gasteiger partial charge in [-0.25, -0.2) is 8.42 Å². The minimum atomic E-state index is -4.77. The van der Waals surface area contributed by atoms with Crippen LogP contribution < -0.4 is 14.8 Å². The number of benzene rings is 2. The summed E-state index contributed by atoms with van der Waals surface area (Å²) < 4.78 is 72.6. The third-order valence-corrected chi connectivity index (χ3v) is 6.41. The molecule has 0 radical (unpaired) electrons. The van der Waals surface area contributed by atoms with Crippen LogP contribution in [0, 0.1) is 11.8 Å². The zero-order valence-electron chi connectivity index (χ0n) is 18.0. The molecule has 2 aromatic rings. The van der Waals surface area contributed by atoms with Gasteiger partial charge in [-0.3, -0.25) is 9.52 Å². The molecule has 12 heteroatoms. The fourth-order valence-corrected chi connectivity index (χ4v) is 4.33. The van der Waals surface area contributed by atoms with Crippen molar-refractivity contribution in [1.29, 1.82) is 0 Å². The van der Waals surface area contributed by atoms with Gasteiger partial charge in [-0.05, 0) is 43.2 Å². The lowest BCUT2D eigenvalue weighted by molar-refractivity contribution is -0.137. The molecule has 0 aliphatic carbocycles. The number of alkyl halides is 3. The van der Waals surface area contributed by atoms with Crippen LogP contribution in [0.15, 0.2) is 41.3 Å². The largest absolute Gasteiger partial charge is 0.492 e. The maximum absolute atomic E-state index is 13.1. The molecule has 0 saturated heterocycles. The van der Waals surface area contributed by atoms with E-state index in [-0.39, 0.29) is 41.2 Å². The highest BCUT2D eigenvalue weighted by Gasteiger charge is 2.34. The van der Waals surface area contributed by atoms with Gasteiger partial charge in [0, 0.05) is 17.4 Å². The molecule has 0 heterocycles. The number of hydrogen-bond acceptors (Lipinski definition) is 5. The summed E-state index contributed by atoms with van der Waals surface area (Å²) in [6.45, 7) is 4.89. The van der Waals surface area contributed by atoms with Gasteiger partial charge in [-0.15, -0.1) is 0 Å². The van der Waals surface area contributed by atoms with Crippen molar-refractivity contribution in [1.82, 2.24) is 0 Å². The first-order valence-electron chi connectivity index (χ1n) is 9.88. The van der Waals surface area contributed by atoms with Gasteiger partial charge in [-0.2, -0.15) is 13.2 Å². The molecule has 0 aliphatic rings. The van der Waals surface area contributed by atoms with Crippen molar-refractivity contribution in [3.8, 4) is 5.75 Å². The number of aliphatic hydroxyl groups is 1. The van der Waals surface area contributed by atoms with Crippen LogP contribution in [0.4, 0.5) is 24.5 Å². The van der Waals surface area contributed by atoms with Gasteiger partial charge >= 0.3 is 6.18 Å². The first-order chi connectivity index (χ1) is 15.3. The first-order valence-corrected chi connectivity index (χ1v) is 11.7. The molecule has 0 spiro atoms. The quantitative estimate of drug-likeness (QED) is 0.453. The Morgan fingerprint density at radius 1 is 1.15 bits per heavy atom. The van der Waals surface area contributed by atoms with Crippen LogP contribution in [0.3, 0.4) is 0 Å². The maximum Gasteiger partial charge on any atom is 0.417 e. The lowest BCUT2D eigenvalue weighted by Gasteiger charge is -2.19. The van der Waals surface area contributed by atoms with E-state index in [0.717, 1.165) is 18.2 Å². The summed E-state index contributed by atoms with van der Waals surface area (Å²) in [6.07, 6.45) is -4.77. The van der Waals surface area contributed by atoms with Crippen LogP contribution >= 0.6 is 11.6 Å². The molecule has 7 nitrogen and oxygen atoms in total. The highest BCUT2D eigenvalue weighted by atomic mass is 35.5. The standard InChI is InChI=1S/C21H24ClF3N2O5S/c1-4-32-18-10-13(26-20(29)15(11-28)12(2)3)6-8-19(18)33(30,31)27-14-5-7-17(22)16(9-14)21(23,24)25/h5-10,12,15,27-28H,4,11H2,1-3H3,(H,26,29)/t15-/m0/s1. The number of carbonyl (C=O) groups excluding carboxylic acids is 1. The third kappa shape index (κ3) is 6.75. The molecule has 0 aromatic heterocycles. The van der Waals surface area contributed by atoms with Gasteiger partial charge in [-0.1, -0.05) is 25.4 Å². The summed E-state index contributed by atoms with van der Waals surface area (Å²) in [5.74, 6) is -1.37. The van der Waals surface area contributed by atoms with Gasteiger partial charge in [0.25, 0.3) is 10.0 Å². The SMILES string of the molecule is CCOc1cc(NC(=O)[C@@H](CO)C(C)C)ccc1S(=O)(=O)Nc1ccc(Cl)c(C(F)(F)F)c1. The number of carbonyl (C=O) groups is 1. The van der Waals surface area contributed by atoms with Gasteiger partial charge < -0.3 is 15.2 Å². The van der Waals surface area contributed by atoms with Gasteiger partial charge in [0.2, 0.25) is 5.91 Å². The van der Waals surface area contributed by atoms with Gasteiger partial charge in [0.1, 0.15) is 10.6 Å². The Morgan fingerprint density at radius 3 is 2.33 bits per heavy atom. The summed E-state index contributed by atoms with van der Waals surface area (Å²) in [7, 11) is -4.36. The van der Waals surface area contributed by atoms with E-state index in [0.29, 0.717) is 6.07 Å². The number of anilines is 2. The van der Waals surface area contributed by atoms with E-state index in [4.69, 9.17) is 16.3 Å². The van der Waals surface area contributed by atoms with Crippen molar-refractivity contribution in [2.45, 2.75) is 31.8 Å². The molecule has 33 heavy (non-hydrogen) atoms. The van der Waals surface area contributed by atoms with Crippen LogP contribution in [0.5, 0.6) is 5.75 Å². The predicted molar refractivity (Wildman–Crippen MR) is 119 cm³/mol. The maximum atomic E-state index is 13.1. The van der Waals surface area contributed by atoms with Crippen LogP contribution in [0.25, 0.3) is 0 Å². The number of rotatable bonds is 9. The van der Waals surface area contributed by atoms with E-state index >= 15 is 0 Å². The summed E-state index contributed by atoms with van der Waals surface area (Å²) in [4.78, 5) is 12.0. The molecule has 2 rings (SSSR count). The third-order valence-electron chi connectivity index (χ3n) is 4.66. The Morgan fingerprint density at radius 2 is 1.79 bits per heavy atom. The molecule has 0 bridgehead atoms. The van der Waals surface area contributed by atoms with E-state index in [1.54, 1.807) is 20.8 Å². The zero-order chi connectivity index (χ0) is 25.0. The van der Waals surface area contributed by atoms with Gasteiger partial charge in [0.15, 0.2) is 0 Å². The zero-order valence-corrected chi connectivity index (χ0v) is 19.6. The number of sulfonamides is 1. The van der Waals surface area contributed by atoms with Crippen LogP contribution in [0.1, 0.15) is 26.3 Å². The lowest BCUT2D eigenvalue weighted by atomic mass is 9.96. The fourth-order valence-electron chi connectivity index (χ4n) is 2.92. The van der Waals surface area contributed by atoms with E-state index in [1.807, 2.05) is 0 Å². The Kier molecular flexibility index (Phi) is 8.61. The average Bonchev–Trinajstić information content (AvgIpc) is 2.69. The average molecular weight is 509 g/mol. The Labute approximate surface area is 195 Å². The van der Waals surface area contributed by atoms with Crippen molar-refractivity contribution in [2.24, 2.45) is 11.8 Å². The molecule has 3 N–H and O–H groups in total. The molecule has 1 amide bonds. The van der Waals surface area contributed by atoms with Crippen molar-refractivity contribution in [3.05, 3.63) is 47.0 Å². The minimum absolute atomic E-state index is 0.0876. The fraction of sp³-hybridized carbons (Fsp3) is 0.381. The molecule has 182 valence electrons. The van der Waals surface area contributed by atoms with E-state index in [1.165, 1.54) is 12.1 Å². The highest BCUT2D eigenvalue weighted by Crippen LogP contribution is 2.37. The van der Waals surface area contributed by atoms with Crippen molar-refractivity contribution >= 4 is 38.9 Å². The molecule has 2 aromatic carbocycles. The first kappa shape index (κ1) is 26.7. The van der Waals surface area contributed by atoms with Gasteiger partial charge in [0.05, 0.1) is 29.7 Å². The number of amides is 1. The summed E-state index contributed by atoms with van der Waals surface area (Å²) in [6, 6.07) is 6.39. The smallest absolute Gasteiger partial charge is 0.417 e. The van der Waals surface area contributed by atoms with E-state index in [2.05, 4.69) is 10.0 Å². The Hall–Kier alpha value is -2.50. The number of halogens is 4. The summed E-state index contributed by atoms with van der Waals surface area (Å²) in [5.41, 5.74) is -1.29. The predicted octanol–water partition coefficient (Wildman–Crippen LogP) is 4.76. The molecule has 0 aliphatic heterocycles. The normalized spacial score (nSPS) is 13.0. The molecule has 0 unspecified atom stereocenters. The Balaban J connectivity index is 2.38. The van der Waals surface area contributed by atoms with Crippen molar-refractivity contribution in [3.63, 3.8) is 0 Å². The number of nitrogens with one attached hydrogen (secondary N) is 2. The number of ether oxygens (including phenoxy) is 1. The van der Waals surface area contributed by atoms with Crippen LogP contribution in [0.2, 0.25) is 5.02 Å². The molecule has 1 atom stereocenters. The lowest BCUT2D eigenvalue weighted by Crippen LogP contribution is -2.29. The van der Waals surface area contributed by atoms with Crippen molar-refractivity contribution < 1.29 is 36.2 Å². The van der Waals surface area contributed by atoms with E-state index in [9.17, 15) is 31.5 Å². The monoisotopic (exact) mass is 508 g/mol. The number of aliphatic hydroxyl groups excluding tert-OH is 1. The van der Waals surface area contributed by atoms with Crippen molar-refractivity contribution in [2.75, 3.05) is 23.3 Å². The molecular weight excluding hydrogens is 485 g/mol. The topological polar surface area (TPSA) is 105 Å². The minimum Gasteiger partial charge on any atom is -0.492 e.